The van der Waals surface area contributed by atoms with E-state index in [1.54, 1.807) is 56.6 Å². The van der Waals surface area contributed by atoms with Crippen molar-refractivity contribution in [3.63, 3.8) is 0 Å². The predicted octanol–water partition coefficient (Wildman–Crippen LogP) is 2.96. The molecule has 7 nitrogen and oxygen atoms in total. The van der Waals surface area contributed by atoms with Crippen LogP contribution in [0.4, 0.5) is 5.69 Å². The number of ether oxygens (including phenoxy) is 2. The van der Waals surface area contributed by atoms with Crippen molar-refractivity contribution in [1.29, 1.82) is 0 Å². The first-order valence-electron chi connectivity index (χ1n) is 8.30. The van der Waals surface area contributed by atoms with Gasteiger partial charge in [0.1, 0.15) is 12.4 Å². The van der Waals surface area contributed by atoms with Crippen molar-refractivity contribution < 1.29 is 19.1 Å². The molecule has 0 aliphatic carbocycles. The molecule has 3 N–H and O–H groups in total. The Morgan fingerprint density at radius 3 is 2.32 bits per heavy atom. The minimum Gasteiger partial charge on any atom is -0.490 e. The van der Waals surface area contributed by atoms with Crippen LogP contribution in [-0.2, 0) is 4.74 Å². The average Bonchev–Trinajstić information content (AvgIpc) is 2.69. The highest BCUT2D eigenvalue weighted by molar-refractivity contribution is 9.10. The molecule has 0 radical (unpaired) electrons. The fourth-order valence-corrected chi connectivity index (χ4v) is 2.88. The van der Waals surface area contributed by atoms with Crippen LogP contribution in [-0.4, -0.2) is 44.3 Å². The number of rotatable bonds is 7. The highest BCUT2D eigenvalue weighted by Crippen LogP contribution is 2.26. The van der Waals surface area contributed by atoms with E-state index in [2.05, 4.69) is 31.9 Å². The molecule has 2 aromatic rings. The van der Waals surface area contributed by atoms with Gasteiger partial charge in [-0.05, 0) is 70.6 Å². The van der Waals surface area contributed by atoms with Crippen molar-refractivity contribution in [2.24, 2.45) is 0 Å². The number of carbonyl (C=O) groups excluding carboxylic acids is 2. The van der Waals surface area contributed by atoms with Crippen LogP contribution in [0.15, 0.2) is 46.9 Å². The van der Waals surface area contributed by atoms with E-state index in [1.807, 2.05) is 0 Å². The summed E-state index contributed by atoms with van der Waals surface area (Å²) in [5, 5.41) is 8.21. The van der Waals surface area contributed by atoms with E-state index in [0.717, 1.165) is 0 Å². The van der Waals surface area contributed by atoms with Crippen molar-refractivity contribution in [3.8, 4) is 5.75 Å². The zero-order valence-corrected chi connectivity index (χ0v) is 17.8. The normalized spacial score (nSPS) is 10.1. The molecule has 0 fully saturated rings. The van der Waals surface area contributed by atoms with Gasteiger partial charge in [0.05, 0.1) is 11.1 Å². The lowest BCUT2D eigenvalue weighted by Gasteiger charge is -2.12. The maximum atomic E-state index is 12.4. The summed E-state index contributed by atoms with van der Waals surface area (Å²) in [5.74, 6) is 0.0804. The van der Waals surface area contributed by atoms with Crippen LogP contribution in [0.1, 0.15) is 20.7 Å². The monoisotopic (exact) mass is 465 g/mol. The summed E-state index contributed by atoms with van der Waals surface area (Å²) < 4.78 is 11.1. The molecule has 0 aliphatic rings. The van der Waals surface area contributed by atoms with E-state index in [-0.39, 0.29) is 16.9 Å². The second-order valence-electron chi connectivity index (χ2n) is 5.55. The highest BCUT2D eigenvalue weighted by atomic mass is 79.9. The number of thiocarbonyl (C=S) groups is 1. The second kappa shape index (κ2) is 10.7. The molecule has 9 heteroatoms. The van der Waals surface area contributed by atoms with Gasteiger partial charge in [0.15, 0.2) is 5.11 Å². The third-order valence-electron chi connectivity index (χ3n) is 3.60. The van der Waals surface area contributed by atoms with E-state index in [9.17, 15) is 9.59 Å². The van der Waals surface area contributed by atoms with Crippen LogP contribution in [0.3, 0.4) is 0 Å². The first-order chi connectivity index (χ1) is 13.4. The Labute approximate surface area is 176 Å². The van der Waals surface area contributed by atoms with Gasteiger partial charge in [-0.1, -0.05) is 0 Å². The summed E-state index contributed by atoms with van der Waals surface area (Å²) in [4.78, 5) is 23.9. The van der Waals surface area contributed by atoms with Crippen LogP contribution in [0.25, 0.3) is 0 Å². The molecule has 0 saturated carbocycles. The predicted molar refractivity (Wildman–Crippen MR) is 115 cm³/mol. The minimum atomic E-state index is -0.358. The molecule has 2 aromatic carbocycles. The van der Waals surface area contributed by atoms with Crippen LogP contribution >= 0.6 is 28.1 Å². The number of benzene rings is 2. The Morgan fingerprint density at radius 2 is 1.71 bits per heavy atom. The van der Waals surface area contributed by atoms with Gasteiger partial charge in [-0.2, -0.15) is 0 Å². The van der Waals surface area contributed by atoms with Crippen LogP contribution in [0.2, 0.25) is 0 Å². The minimum absolute atomic E-state index is 0.147. The lowest BCUT2D eigenvalue weighted by atomic mass is 10.2. The first kappa shape index (κ1) is 21.8. The molecule has 0 atom stereocenters. The average molecular weight is 466 g/mol. The summed E-state index contributed by atoms with van der Waals surface area (Å²) in [5.41, 5.74) is 1.60. The molecule has 2 rings (SSSR count). The van der Waals surface area contributed by atoms with Crippen LogP contribution < -0.4 is 20.7 Å². The zero-order valence-electron chi connectivity index (χ0n) is 15.4. The third-order valence-corrected chi connectivity index (χ3v) is 4.42. The molecule has 148 valence electrons. The smallest absolute Gasteiger partial charge is 0.257 e. The highest BCUT2D eigenvalue weighted by Gasteiger charge is 2.11. The van der Waals surface area contributed by atoms with Gasteiger partial charge in [0.2, 0.25) is 0 Å². The second-order valence-corrected chi connectivity index (χ2v) is 6.81. The largest absolute Gasteiger partial charge is 0.490 e. The topological polar surface area (TPSA) is 88.7 Å². The van der Waals surface area contributed by atoms with Gasteiger partial charge in [-0.25, -0.2) is 0 Å². The number of methoxy groups -OCH3 is 1. The van der Waals surface area contributed by atoms with E-state index < -0.39 is 0 Å². The molecule has 0 aliphatic heterocycles. The number of nitrogens with one attached hydrogen (secondary N) is 3. The number of hydrogen-bond donors (Lipinski definition) is 3. The fourth-order valence-electron chi connectivity index (χ4n) is 2.18. The van der Waals surface area contributed by atoms with Gasteiger partial charge in [-0.15, -0.1) is 0 Å². The Hall–Kier alpha value is -2.49. The lowest BCUT2D eigenvalue weighted by molar-refractivity contribution is 0.0959. The van der Waals surface area contributed by atoms with Crippen molar-refractivity contribution >= 4 is 50.8 Å². The van der Waals surface area contributed by atoms with Crippen molar-refractivity contribution in [3.05, 3.63) is 58.1 Å². The molecule has 0 heterocycles. The molecular formula is C19H20BrN3O4S. The summed E-state index contributed by atoms with van der Waals surface area (Å²) >= 11 is 8.56. The maximum Gasteiger partial charge on any atom is 0.257 e. The summed E-state index contributed by atoms with van der Waals surface area (Å²) in [6, 6.07) is 11.7. The third kappa shape index (κ3) is 6.29. The number of carbonyl (C=O) groups is 2. The SMILES string of the molecule is CNC(=O)c1ccc(NC(=S)NC(=O)c2ccc(OCCOC)c(Br)c2)cc1. The van der Waals surface area contributed by atoms with Gasteiger partial charge >= 0.3 is 0 Å². The number of halogens is 1. The molecule has 0 spiro atoms. The van der Waals surface area contributed by atoms with Gasteiger partial charge in [0.25, 0.3) is 11.8 Å². The Kier molecular flexibility index (Phi) is 8.37. The van der Waals surface area contributed by atoms with Gasteiger partial charge in [0, 0.05) is 31.0 Å². The zero-order chi connectivity index (χ0) is 20.5. The molecule has 0 aromatic heterocycles. The molecule has 0 unspecified atom stereocenters. The van der Waals surface area contributed by atoms with Crippen molar-refractivity contribution in [1.82, 2.24) is 10.6 Å². The van der Waals surface area contributed by atoms with Crippen LogP contribution in [0.5, 0.6) is 5.75 Å². The first-order valence-corrected chi connectivity index (χ1v) is 9.50. The number of amides is 2. The molecule has 0 bridgehead atoms. The van der Waals surface area contributed by atoms with E-state index in [0.29, 0.717) is 40.3 Å². The summed E-state index contributed by atoms with van der Waals surface area (Å²) in [6.45, 7) is 0.881. The Bertz CT molecular complexity index is 859. The van der Waals surface area contributed by atoms with Crippen molar-refractivity contribution in [2.45, 2.75) is 0 Å². The van der Waals surface area contributed by atoms with Gasteiger partial charge < -0.3 is 20.1 Å². The van der Waals surface area contributed by atoms with E-state index in [4.69, 9.17) is 21.7 Å². The Morgan fingerprint density at radius 1 is 1.04 bits per heavy atom. The lowest BCUT2D eigenvalue weighted by Crippen LogP contribution is -2.34. The fraction of sp³-hybridized carbons (Fsp3) is 0.211. The number of anilines is 1. The molecule has 0 saturated heterocycles. The standard InChI is InChI=1S/C19H20BrN3O4S/c1-21-17(24)12-3-6-14(7-4-12)22-19(28)23-18(25)13-5-8-16(15(20)11-13)27-10-9-26-2/h3-8,11H,9-10H2,1-2H3,(H,21,24)(H2,22,23,25,28). The van der Waals surface area contributed by atoms with Crippen LogP contribution in [0, 0.1) is 0 Å². The molecular weight excluding hydrogens is 446 g/mol. The number of hydrogen-bond acceptors (Lipinski definition) is 5. The molecule has 28 heavy (non-hydrogen) atoms. The Balaban J connectivity index is 1.93. The molecule has 2 amide bonds. The maximum absolute atomic E-state index is 12.4. The summed E-state index contributed by atoms with van der Waals surface area (Å²) in [6.07, 6.45) is 0. The quantitative estimate of drug-likeness (QED) is 0.430. The van der Waals surface area contributed by atoms with Gasteiger partial charge in [-0.3, -0.25) is 14.9 Å². The van der Waals surface area contributed by atoms with E-state index >= 15 is 0 Å². The summed E-state index contributed by atoms with van der Waals surface area (Å²) in [7, 11) is 3.16. The van der Waals surface area contributed by atoms with E-state index in [1.165, 1.54) is 0 Å². The van der Waals surface area contributed by atoms with Crippen molar-refractivity contribution in [2.75, 3.05) is 32.7 Å².